The van der Waals surface area contributed by atoms with Gasteiger partial charge in [0.1, 0.15) is 6.33 Å². The minimum absolute atomic E-state index is 0.0139. The van der Waals surface area contributed by atoms with Gasteiger partial charge in [0.2, 0.25) is 0 Å². The Labute approximate surface area is 95.5 Å². The van der Waals surface area contributed by atoms with E-state index in [9.17, 15) is 4.79 Å². The van der Waals surface area contributed by atoms with Crippen molar-refractivity contribution in [3.63, 3.8) is 0 Å². The van der Waals surface area contributed by atoms with Gasteiger partial charge in [-0.05, 0) is 18.4 Å². The van der Waals surface area contributed by atoms with Gasteiger partial charge in [0.05, 0.1) is 5.56 Å². The lowest BCUT2D eigenvalue weighted by Crippen LogP contribution is -2.35. The summed E-state index contributed by atoms with van der Waals surface area (Å²) in [6.07, 6.45) is 5.27. The highest BCUT2D eigenvalue weighted by Crippen LogP contribution is 2.17. The van der Waals surface area contributed by atoms with Gasteiger partial charge < -0.3 is 11.1 Å². The Morgan fingerprint density at radius 3 is 2.62 bits per heavy atom. The van der Waals surface area contributed by atoms with Crippen LogP contribution in [0.15, 0.2) is 18.7 Å². The van der Waals surface area contributed by atoms with Gasteiger partial charge >= 0.3 is 0 Å². The molecule has 0 unspecified atom stereocenters. The number of carbonyl (C=O) groups excluding carboxylic acids is 1. The lowest BCUT2D eigenvalue weighted by Gasteiger charge is -2.23. The summed E-state index contributed by atoms with van der Waals surface area (Å²) >= 11 is 0. The highest BCUT2D eigenvalue weighted by Gasteiger charge is 2.18. The lowest BCUT2D eigenvalue weighted by atomic mass is 9.89. The second-order valence-corrected chi connectivity index (χ2v) is 4.51. The summed E-state index contributed by atoms with van der Waals surface area (Å²) in [4.78, 5) is 19.3. The van der Waals surface area contributed by atoms with Gasteiger partial charge in [-0.15, -0.1) is 0 Å². The molecule has 1 amide bonds. The SMILES string of the molecule is CC(C)(CCN)CNC(=O)c1cncnc1. The molecular formula is C11H18N4O. The molecule has 0 atom stereocenters. The molecule has 5 heteroatoms. The van der Waals surface area contributed by atoms with Crippen LogP contribution in [0, 0.1) is 5.41 Å². The fourth-order valence-corrected chi connectivity index (χ4v) is 1.32. The molecule has 0 bridgehead atoms. The number of hydrogen-bond donors (Lipinski definition) is 2. The zero-order chi connectivity index (χ0) is 12.0. The Morgan fingerprint density at radius 2 is 2.06 bits per heavy atom. The van der Waals surface area contributed by atoms with E-state index < -0.39 is 0 Å². The summed E-state index contributed by atoms with van der Waals surface area (Å²) in [7, 11) is 0. The number of nitrogens with two attached hydrogens (primary N) is 1. The molecule has 1 heterocycles. The summed E-state index contributed by atoms with van der Waals surface area (Å²) in [5, 5.41) is 2.85. The zero-order valence-electron chi connectivity index (χ0n) is 9.73. The fourth-order valence-electron chi connectivity index (χ4n) is 1.32. The third kappa shape index (κ3) is 3.94. The van der Waals surface area contributed by atoms with Crippen LogP contribution in [-0.4, -0.2) is 29.0 Å². The predicted molar refractivity (Wildman–Crippen MR) is 61.8 cm³/mol. The molecule has 88 valence electrons. The van der Waals surface area contributed by atoms with E-state index >= 15 is 0 Å². The minimum atomic E-state index is -0.148. The first-order chi connectivity index (χ1) is 7.55. The third-order valence-corrected chi connectivity index (χ3v) is 2.37. The number of aromatic nitrogens is 2. The van der Waals surface area contributed by atoms with Crippen molar-refractivity contribution in [2.45, 2.75) is 20.3 Å². The largest absolute Gasteiger partial charge is 0.351 e. The van der Waals surface area contributed by atoms with Crippen molar-refractivity contribution in [2.75, 3.05) is 13.1 Å². The lowest BCUT2D eigenvalue weighted by molar-refractivity contribution is 0.0934. The van der Waals surface area contributed by atoms with Crippen molar-refractivity contribution in [3.05, 3.63) is 24.3 Å². The van der Waals surface area contributed by atoms with E-state index in [1.807, 2.05) is 0 Å². The number of nitrogens with one attached hydrogen (secondary N) is 1. The zero-order valence-corrected chi connectivity index (χ0v) is 9.73. The first-order valence-corrected chi connectivity index (χ1v) is 5.28. The molecule has 5 nitrogen and oxygen atoms in total. The van der Waals surface area contributed by atoms with Gasteiger partial charge in [0, 0.05) is 18.9 Å². The molecule has 0 aliphatic rings. The minimum Gasteiger partial charge on any atom is -0.351 e. The Hall–Kier alpha value is -1.49. The first kappa shape index (κ1) is 12.6. The van der Waals surface area contributed by atoms with E-state index in [-0.39, 0.29) is 11.3 Å². The number of nitrogens with zero attached hydrogens (tertiary/aromatic N) is 2. The van der Waals surface area contributed by atoms with Crippen LogP contribution in [0.1, 0.15) is 30.6 Å². The Balaban J connectivity index is 2.48. The van der Waals surface area contributed by atoms with Gasteiger partial charge in [-0.3, -0.25) is 4.79 Å². The summed E-state index contributed by atoms with van der Waals surface area (Å²) in [5.74, 6) is -0.148. The Morgan fingerprint density at radius 1 is 1.44 bits per heavy atom. The van der Waals surface area contributed by atoms with Gasteiger partial charge in [-0.2, -0.15) is 0 Å². The van der Waals surface area contributed by atoms with E-state index in [2.05, 4.69) is 29.1 Å². The van der Waals surface area contributed by atoms with Crippen LogP contribution in [0.3, 0.4) is 0 Å². The molecule has 1 aromatic heterocycles. The maximum absolute atomic E-state index is 11.7. The van der Waals surface area contributed by atoms with Gasteiger partial charge in [-0.25, -0.2) is 9.97 Å². The highest BCUT2D eigenvalue weighted by atomic mass is 16.1. The monoisotopic (exact) mass is 222 g/mol. The predicted octanol–water partition coefficient (Wildman–Crippen LogP) is 0.581. The molecule has 0 aliphatic carbocycles. The number of hydrogen-bond acceptors (Lipinski definition) is 4. The molecular weight excluding hydrogens is 204 g/mol. The molecule has 3 N–H and O–H groups in total. The van der Waals surface area contributed by atoms with Crippen molar-refractivity contribution in [1.29, 1.82) is 0 Å². The summed E-state index contributed by atoms with van der Waals surface area (Å²) in [6, 6.07) is 0. The van der Waals surface area contributed by atoms with Crippen molar-refractivity contribution in [1.82, 2.24) is 15.3 Å². The summed E-state index contributed by atoms with van der Waals surface area (Å²) in [6.45, 7) is 5.36. The van der Waals surface area contributed by atoms with Crippen LogP contribution in [0.2, 0.25) is 0 Å². The quantitative estimate of drug-likeness (QED) is 0.763. The van der Waals surface area contributed by atoms with E-state index in [0.717, 1.165) is 6.42 Å². The van der Waals surface area contributed by atoms with Crippen LogP contribution >= 0.6 is 0 Å². The second kappa shape index (κ2) is 5.55. The van der Waals surface area contributed by atoms with Gasteiger partial charge in [-0.1, -0.05) is 13.8 Å². The molecule has 16 heavy (non-hydrogen) atoms. The van der Waals surface area contributed by atoms with E-state index in [1.54, 1.807) is 0 Å². The van der Waals surface area contributed by atoms with Crippen LogP contribution < -0.4 is 11.1 Å². The van der Waals surface area contributed by atoms with E-state index in [0.29, 0.717) is 18.7 Å². The van der Waals surface area contributed by atoms with E-state index in [4.69, 9.17) is 5.73 Å². The van der Waals surface area contributed by atoms with Crippen molar-refractivity contribution in [2.24, 2.45) is 11.1 Å². The van der Waals surface area contributed by atoms with Crippen molar-refractivity contribution < 1.29 is 4.79 Å². The molecule has 0 fully saturated rings. The maximum Gasteiger partial charge on any atom is 0.254 e. The number of carbonyl (C=O) groups is 1. The highest BCUT2D eigenvalue weighted by molar-refractivity contribution is 5.93. The average molecular weight is 222 g/mol. The second-order valence-electron chi connectivity index (χ2n) is 4.51. The van der Waals surface area contributed by atoms with Crippen LogP contribution in [0.4, 0.5) is 0 Å². The number of rotatable bonds is 5. The Kier molecular flexibility index (Phi) is 4.37. The van der Waals surface area contributed by atoms with Crippen molar-refractivity contribution >= 4 is 5.91 Å². The van der Waals surface area contributed by atoms with E-state index in [1.165, 1.54) is 18.7 Å². The van der Waals surface area contributed by atoms with Gasteiger partial charge in [0.15, 0.2) is 0 Å². The first-order valence-electron chi connectivity index (χ1n) is 5.28. The van der Waals surface area contributed by atoms with Crippen LogP contribution in [0.25, 0.3) is 0 Å². The van der Waals surface area contributed by atoms with Crippen LogP contribution in [0.5, 0.6) is 0 Å². The molecule has 0 saturated heterocycles. The molecule has 0 aromatic carbocycles. The summed E-state index contributed by atoms with van der Waals surface area (Å²) in [5.41, 5.74) is 5.99. The standard InChI is InChI=1S/C11H18N4O/c1-11(2,3-4-12)7-15-10(16)9-5-13-8-14-6-9/h5-6,8H,3-4,7,12H2,1-2H3,(H,15,16). The molecule has 0 spiro atoms. The molecule has 0 saturated carbocycles. The van der Waals surface area contributed by atoms with Crippen LogP contribution in [-0.2, 0) is 0 Å². The molecule has 0 radical (unpaired) electrons. The summed E-state index contributed by atoms with van der Waals surface area (Å²) < 4.78 is 0. The average Bonchev–Trinajstić information content (AvgIpc) is 2.27. The molecule has 1 aromatic rings. The fraction of sp³-hybridized carbons (Fsp3) is 0.545. The molecule has 0 aliphatic heterocycles. The maximum atomic E-state index is 11.7. The smallest absolute Gasteiger partial charge is 0.254 e. The van der Waals surface area contributed by atoms with Crippen molar-refractivity contribution in [3.8, 4) is 0 Å². The molecule has 1 rings (SSSR count). The number of amides is 1. The Bertz CT molecular complexity index is 337. The normalized spacial score (nSPS) is 11.2. The van der Waals surface area contributed by atoms with Gasteiger partial charge in [0.25, 0.3) is 5.91 Å². The topological polar surface area (TPSA) is 80.9 Å². The third-order valence-electron chi connectivity index (χ3n) is 2.37.